The Labute approximate surface area is 146 Å². The highest BCUT2D eigenvalue weighted by Crippen LogP contribution is 2.30. The molecule has 4 nitrogen and oxygen atoms in total. The van der Waals surface area contributed by atoms with Crippen molar-refractivity contribution in [2.75, 3.05) is 26.8 Å². The van der Waals surface area contributed by atoms with E-state index in [-0.39, 0.29) is 18.2 Å². The Morgan fingerprint density at radius 2 is 1.96 bits per heavy atom. The molecule has 1 N–H and O–H groups in total. The van der Waals surface area contributed by atoms with E-state index in [1.807, 2.05) is 0 Å². The lowest BCUT2D eigenvalue weighted by Gasteiger charge is -2.37. The van der Waals surface area contributed by atoms with E-state index in [4.69, 9.17) is 9.47 Å². The quantitative estimate of drug-likeness (QED) is 0.865. The molecule has 0 spiro atoms. The van der Waals surface area contributed by atoms with Gasteiger partial charge in [0.2, 0.25) is 0 Å². The Hall–Kier alpha value is -1.18. The molecule has 1 aromatic rings. The number of hydrogen-bond donors (Lipinski definition) is 1. The van der Waals surface area contributed by atoms with Crippen LogP contribution in [0, 0.1) is 0 Å². The second kappa shape index (κ2) is 8.78. The molecular weight excluding hydrogens is 345 g/mol. The molecule has 2 unspecified atom stereocenters. The van der Waals surface area contributed by atoms with Gasteiger partial charge in [-0.05, 0) is 31.5 Å². The predicted molar refractivity (Wildman–Crippen MR) is 89.1 cm³/mol. The third kappa shape index (κ3) is 6.03. The topological polar surface area (TPSA) is 33.7 Å². The zero-order valence-electron chi connectivity index (χ0n) is 14.0. The number of piperazine rings is 1. The minimum atomic E-state index is -4.37. The second-order valence-corrected chi connectivity index (χ2v) is 5.98. The lowest BCUT2D eigenvalue weighted by Crippen LogP contribution is -2.53. The summed E-state index contributed by atoms with van der Waals surface area (Å²) in [4.78, 5) is 2.34. The second-order valence-electron chi connectivity index (χ2n) is 5.98. The first-order chi connectivity index (χ1) is 10.8. The van der Waals surface area contributed by atoms with Crippen LogP contribution in [0.4, 0.5) is 13.2 Å². The molecule has 0 aromatic heterocycles. The van der Waals surface area contributed by atoms with Gasteiger partial charge < -0.3 is 14.8 Å². The first kappa shape index (κ1) is 20.9. The fraction of sp³-hybridized carbons (Fsp3) is 0.625. The molecule has 2 atom stereocenters. The van der Waals surface area contributed by atoms with Gasteiger partial charge in [0, 0.05) is 31.7 Å². The Morgan fingerprint density at radius 3 is 2.58 bits per heavy atom. The number of halogens is 4. The molecule has 1 fully saturated rings. The number of rotatable bonds is 5. The van der Waals surface area contributed by atoms with Crippen molar-refractivity contribution in [3.63, 3.8) is 0 Å². The smallest absolute Gasteiger partial charge is 0.422 e. The van der Waals surface area contributed by atoms with E-state index in [1.165, 1.54) is 13.2 Å². The number of ether oxygens (including phenoxy) is 2. The summed E-state index contributed by atoms with van der Waals surface area (Å²) in [6.45, 7) is 5.53. The summed E-state index contributed by atoms with van der Waals surface area (Å²) in [5.74, 6) is 0.429. The van der Waals surface area contributed by atoms with Crippen LogP contribution in [0.15, 0.2) is 18.2 Å². The first-order valence-electron chi connectivity index (χ1n) is 7.62. The summed E-state index contributed by atoms with van der Waals surface area (Å²) in [6.07, 6.45) is -4.37. The summed E-state index contributed by atoms with van der Waals surface area (Å²) in [5, 5.41) is 3.42. The van der Waals surface area contributed by atoms with Crippen molar-refractivity contribution in [3.05, 3.63) is 23.8 Å². The maximum Gasteiger partial charge on any atom is 0.422 e. The van der Waals surface area contributed by atoms with Gasteiger partial charge in [0.25, 0.3) is 0 Å². The molecule has 2 rings (SSSR count). The van der Waals surface area contributed by atoms with Gasteiger partial charge in [-0.3, -0.25) is 4.90 Å². The molecule has 0 aliphatic carbocycles. The Balaban J connectivity index is 0.00000288. The van der Waals surface area contributed by atoms with Gasteiger partial charge in [-0.15, -0.1) is 12.4 Å². The van der Waals surface area contributed by atoms with E-state index in [2.05, 4.69) is 24.1 Å². The molecule has 1 heterocycles. The van der Waals surface area contributed by atoms with Crippen LogP contribution in [0.5, 0.6) is 11.5 Å². The summed E-state index contributed by atoms with van der Waals surface area (Å²) >= 11 is 0. The molecule has 0 saturated carbocycles. The number of alkyl halides is 3. The Kier molecular flexibility index (Phi) is 7.63. The Morgan fingerprint density at radius 1 is 1.25 bits per heavy atom. The van der Waals surface area contributed by atoms with Crippen LogP contribution >= 0.6 is 12.4 Å². The molecule has 24 heavy (non-hydrogen) atoms. The van der Waals surface area contributed by atoms with Crippen molar-refractivity contribution in [2.24, 2.45) is 0 Å². The number of methoxy groups -OCH3 is 1. The number of nitrogens with zero attached hydrogens (tertiary/aromatic N) is 1. The van der Waals surface area contributed by atoms with Crippen molar-refractivity contribution in [1.29, 1.82) is 0 Å². The van der Waals surface area contributed by atoms with Gasteiger partial charge in [-0.2, -0.15) is 13.2 Å². The fourth-order valence-electron chi connectivity index (χ4n) is 2.64. The molecule has 8 heteroatoms. The minimum absolute atomic E-state index is 0. The highest BCUT2D eigenvalue weighted by molar-refractivity contribution is 5.85. The lowest BCUT2D eigenvalue weighted by atomic mass is 10.1. The number of benzene rings is 1. The van der Waals surface area contributed by atoms with E-state index >= 15 is 0 Å². The predicted octanol–water partition coefficient (Wildman–Crippen LogP) is 3.24. The van der Waals surface area contributed by atoms with Gasteiger partial charge in [0.15, 0.2) is 18.1 Å². The van der Waals surface area contributed by atoms with E-state index < -0.39 is 12.8 Å². The monoisotopic (exact) mass is 368 g/mol. The van der Waals surface area contributed by atoms with Crippen LogP contribution in [0.25, 0.3) is 0 Å². The normalized spacial score (nSPS) is 21.9. The molecule has 0 amide bonds. The van der Waals surface area contributed by atoms with Crippen LogP contribution in [0.2, 0.25) is 0 Å². The van der Waals surface area contributed by atoms with Crippen LogP contribution in [-0.2, 0) is 6.54 Å². The third-order valence-electron chi connectivity index (χ3n) is 3.90. The molecule has 1 aromatic carbocycles. The summed E-state index contributed by atoms with van der Waals surface area (Å²) in [6, 6.07) is 5.88. The molecule has 138 valence electrons. The van der Waals surface area contributed by atoms with E-state index in [0.717, 1.165) is 25.2 Å². The average molecular weight is 369 g/mol. The van der Waals surface area contributed by atoms with Gasteiger partial charge >= 0.3 is 6.18 Å². The van der Waals surface area contributed by atoms with Crippen molar-refractivity contribution in [2.45, 2.75) is 38.7 Å². The van der Waals surface area contributed by atoms with Gasteiger partial charge in [-0.25, -0.2) is 0 Å². The van der Waals surface area contributed by atoms with E-state index in [9.17, 15) is 13.2 Å². The third-order valence-corrected chi connectivity index (χ3v) is 3.90. The van der Waals surface area contributed by atoms with Crippen LogP contribution in [0.1, 0.15) is 19.4 Å². The van der Waals surface area contributed by atoms with Gasteiger partial charge in [0.05, 0.1) is 7.11 Å². The molecule has 0 bridgehead atoms. The molecule has 1 saturated heterocycles. The van der Waals surface area contributed by atoms with E-state index in [1.54, 1.807) is 12.1 Å². The van der Waals surface area contributed by atoms with Crippen LogP contribution < -0.4 is 14.8 Å². The summed E-state index contributed by atoms with van der Waals surface area (Å²) in [7, 11) is 1.43. The van der Waals surface area contributed by atoms with Crippen molar-refractivity contribution in [3.8, 4) is 11.5 Å². The molecule has 1 aliphatic rings. The fourth-order valence-corrected chi connectivity index (χ4v) is 2.64. The summed E-state index contributed by atoms with van der Waals surface area (Å²) < 4.78 is 46.8. The largest absolute Gasteiger partial charge is 0.493 e. The lowest BCUT2D eigenvalue weighted by molar-refractivity contribution is -0.153. The van der Waals surface area contributed by atoms with Crippen LogP contribution in [0.3, 0.4) is 0 Å². The highest BCUT2D eigenvalue weighted by atomic mass is 35.5. The van der Waals surface area contributed by atoms with E-state index in [0.29, 0.717) is 17.8 Å². The van der Waals surface area contributed by atoms with Crippen molar-refractivity contribution >= 4 is 12.4 Å². The molecule has 0 radical (unpaired) electrons. The zero-order valence-corrected chi connectivity index (χ0v) is 14.8. The standard InChI is InChI=1S/C16H23F3N2O2.ClH/c1-11-8-21(12(2)7-20-11)9-13-4-5-14(15(6-13)22-3)23-10-16(17,18)19;/h4-6,11-12,20H,7-10H2,1-3H3;1H. The first-order valence-corrected chi connectivity index (χ1v) is 7.62. The maximum absolute atomic E-state index is 12.3. The number of hydrogen-bond acceptors (Lipinski definition) is 4. The Bertz CT molecular complexity index is 529. The average Bonchev–Trinajstić information content (AvgIpc) is 2.48. The maximum atomic E-state index is 12.3. The van der Waals surface area contributed by atoms with Crippen molar-refractivity contribution < 1.29 is 22.6 Å². The number of nitrogens with one attached hydrogen (secondary N) is 1. The zero-order chi connectivity index (χ0) is 17.0. The van der Waals surface area contributed by atoms with Gasteiger partial charge in [-0.1, -0.05) is 6.07 Å². The van der Waals surface area contributed by atoms with Crippen molar-refractivity contribution in [1.82, 2.24) is 10.2 Å². The van der Waals surface area contributed by atoms with Gasteiger partial charge in [0.1, 0.15) is 0 Å². The van der Waals surface area contributed by atoms with Crippen LogP contribution in [-0.4, -0.2) is 50.0 Å². The molecule has 1 aliphatic heterocycles. The molecular formula is C16H24ClF3N2O2. The highest BCUT2D eigenvalue weighted by Gasteiger charge is 2.29. The summed E-state index contributed by atoms with van der Waals surface area (Å²) in [5.41, 5.74) is 0.988. The SMILES string of the molecule is COc1cc(CN2CC(C)NCC2C)ccc1OCC(F)(F)F.Cl. The minimum Gasteiger partial charge on any atom is -0.493 e.